The second-order valence-corrected chi connectivity index (χ2v) is 10.1. The van der Waals surface area contributed by atoms with Gasteiger partial charge in [-0.1, -0.05) is 83.1 Å². The Hall–Kier alpha value is -0.743. The van der Waals surface area contributed by atoms with Crippen LogP contribution in [0, 0.1) is 63.4 Å². The third kappa shape index (κ3) is 21.5. The summed E-state index contributed by atoms with van der Waals surface area (Å²) in [6.07, 6.45) is 2.48. The molecule has 0 bridgehead atoms. The molecule has 8 nitrogen and oxygen atoms in total. The van der Waals surface area contributed by atoms with Crippen molar-refractivity contribution in [2.75, 3.05) is 0 Å². The largest absolute Gasteiger partial charge is 4.00 e. The van der Waals surface area contributed by atoms with E-state index in [0.717, 1.165) is 0 Å². The summed E-state index contributed by atoms with van der Waals surface area (Å²) in [5.41, 5.74) is -2.61. The van der Waals surface area contributed by atoms with Crippen LogP contribution >= 0.6 is 0 Å². The van der Waals surface area contributed by atoms with Crippen molar-refractivity contribution in [3.8, 4) is 0 Å². The van der Waals surface area contributed by atoms with Gasteiger partial charge in [0.1, 0.15) is 0 Å². The summed E-state index contributed by atoms with van der Waals surface area (Å²) in [5, 5.41) is 40.6. The maximum atomic E-state index is 10.1. The normalized spacial score (nSPS) is 11.0. The molecule has 0 atom stereocenters. The fourth-order valence-corrected chi connectivity index (χ4v) is 0.577. The Kier molecular flexibility index (Phi) is 23.9. The Morgan fingerprint density at radius 3 is 0.515 bits per heavy atom. The number of aliphatic carboxylic acids is 4. The van der Waals surface area contributed by atoms with Crippen molar-refractivity contribution >= 4 is 23.9 Å². The molecule has 0 radical (unpaired) electrons. The first-order valence-corrected chi connectivity index (χ1v) is 10.9. The average molecular weight is 601 g/mol. The zero-order valence-corrected chi connectivity index (χ0v) is 25.7. The molecule has 0 rings (SSSR count). The number of carbonyl (C=O) groups excluding carboxylic acids is 4. The van der Waals surface area contributed by atoms with E-state index < -0.39 is 45.5 Å². The molecule has 0 aliphatic rings. The number of rotatable bonds is 8. The molecule has 0 aromatic heterocycles. The minimum atomic E-state index is -0.972. The van der Waals surface area contributed by atoms with Gasteiger partial charge in [-0.25, -0.2) is 0 Å². The Balaban J connectivity index is -0.000000105. The monoisotopic (exact) mass is 600 g/mol. The zero-order chi connectivity index (χ0) is 27.1. The van der Waals surface area contributed by atoms with E-state index in [-0.39, 0.29) is 41.7 Å². The number of carboxylic acid groups (broad SMARTS) is 4. The van der Waals surface area contributed by atoms with Gasteiger partial charge in [-0.2, -0.15) is 0 Å². The molecule has 192 valence electrons. The molecule has 0 aliphatic carbocycles. The smallest absolute Gasteiger partial charge is 0.550 e. The second kappa shape index (κ2) is 18.6. The number of carboxylic acids is 4. The maximum Gasteiger partial charge on any atom is 4.00 e. The summed E-state index contributed by atoms with van der Waals surface area (Å²) in [6.45, 7) is 20.6. The van der Waals surface area contributed by atoms with E-state index in [2.05, 4.69) is 0 Å². The third-order valence-corrected chi connectivity index (χ3v) is 5.75. The number of carbonyl (C=O) groups is 4. The van der Waals surface area contributed by atoms with E-state index in [4.69, 9.17) is 0 Å². The van der Waals surface area contributed by atoms with Crippen LogP contribution in [0.3, 0.4) is 0 Å². The van der Waals surface area contributed by atoms with Gasteiger partial charge in [-0.05, 0) is 25.7 Å². The standard InChI is InChI=1S/4C6H12O2.Ce/c4*1-4-6(2,3)5(7)8;/h4*4H2,1-3H3,(H,7,8);/q;;;;+4/p-4. The van der Waals surface area contributed by atoms with E-state index >= 15 is 0 Å². The van der Waals surface area contributed by atoms with Crippen LogP contribution in [-0.2, 0) is 19.2 Å². The van der Waals surface area contributed by atoms with Gasteiger partial charge >= 0.3 is 41.7 Å². The van der Waals surface area contributed by atoms with Gasteiger partial charge in [-0.15, -0.1) is 0 Å². The quantitative estimate of drug-likeness (QED) is 0.393. The molecule has 0 aromatic rings. The van der Waals surface area contributed by atoms with Crippen LogP contribution in [-0.4, -0.2) is 23.9 Å². The van der Waals surface area contributed by atoms with E-state index in [9.17, 15) is 39.6 Å². The van der Waals surface area contributed by atoms with Crippen molar-refractivity contribution < 1.29 is 81.4 Å². The molecule has 0 aliphatic heterocycles. The molecule has 0 amide bonds. The number of hydrogen-bond acceptors (Lipinski definition) is 8. The summed E-state index contributed by atoms with van der Waals surface area (Å²) >= 11 is 0. The van der Waals surface area contributed by atoms with Crippen molar-refractivity contribution in [1.82, 2.24) is 0 Å². The average Bonchev–Trinajstić information content (AvgIpc) is 2.68. The van der Waals surface area contributed by atoms with Crippen molar-refractivity contribution in [3.05, 3.63) is 0 Å². The van der Waals surface area contributed by atoms with Gasteiger partial charge < -0.3 is 39.6 Å². The van der Waals surface area contributed by atoms with E-state index in [0.29, 0.717) is 25.7 Å². The molecular formula is C24H44CeO8. The zero-order valence-electron chi connectivity index (χ0n) is 22.6. The molecule has 0 aromatic carbocycles. The van der Waals surface area contributed by atoms with Gasteiger partial charge in [0.2, 0.25) is 0 Å². The van der Waals surface area contributed by atoms with E-state index in [1.54, 1.807) is 55.4 Å². The number of hydrogen-bond donors (Lipinski definition) is 0. The predicted octanol–water partition coefficient (Wildman–Crippen LogP) is 0.690. The Labute approximate surface area is 234 Å². The van der Waals surface area contributed by atoms with Gasteiger partial charge in [0.25, 0.3) is 0 Å². The summed E-state index contributed by atoms with van der Waals surface area (Å²) < 4.78 is 0. The molecule has 0 saturated heterocycles. The van der Waals surface area contributed by atoms with Crippen LogP contribution in [0.15, 0.2) is 0 Å². The van der Waals surface area contributed by atoms with Gasteiger partial charge in [-0.3, -0.25) is 0 Å². The van der Waals surface area contributed by atoms with Crippen LogP contribution in [0.1, 0.15) is 109 Å². The van der Waals surface area contributed by atoms with Gasteiger partial charge in [0.15, 0.2) is 0 Å². The molecule has 9 heteroatoms. The first kappa shape index (κ1) is 42.4. The molecule has 0 N–H and O–H groups in total. The van der Waals surface area contributed by atoms with Crippen molar-refractivity contribution in [3.63, 3.8) is 0 Å². The van der Waals surface area contributed by atoms with Crippen molar-refractivity contribution in [2.24, 2.45) is 21.7 Å². The molecule has 0 saturated carbocycles. The molecule has 0 spiro atoms. The van der Waals surface area contributed by atoms with Crippen LogP contribution in [0.4, 0.5) is 0 Å². The Morgan fingerprint density at radius 1 is 0.424 bits per heavy atom. The fraction of sp³-hybridized carbons (Fsp3) is 0.833. The molecular weight excluding hydrogens is 556 g/mol. The summed E-state index contributed by atoms with van der Waals surface area (Å²) in [7, 11) is 0. The van der Waals surface area contributed by atoms with E-state index in [1.807, 2.05) is 27.7 Å². The summed E-state index contributed by atoms with van der Waals surface area (Å²) in [6, 6.07) is 0. The first-order valence-electron chi connectivity index (χ1n) is 10.9. The topological polar surface area (TPSA) is 161 Å². The van der Waals surface area contributed by atoms with Gasteiger partial charge in [0, 0.05) is 45.5 Å². The fourth-order valence-electron chi connectivity index (χ4n) is 0.577. The Morgan fingerprint density at radius 2 is 0.515 bits per heavy atom. The molecule has 0 fully saturated rings. The first-order chi connectivity index (χ1) is 14.0. The van der Waals surface area contributed by atoms with Crippen molar-refractivity contribution in [1.29, 1.82) is 0 Å². The molecule has 0 unspecified atom stereocenters. The third-order valence-electron chi connectivity index (χ3n) is 5.75. The minimum absolute atomic E-state index is 0. The summed E-state index contributed by atoms with van der Waals surface area (Å²) in [5.74, 6) is -3.89. The van der Waals surface area contributed by atoms with Crippen molar-refractivity contribution in [2.45, 2.75) is 109 Å². The van der Waals surface area contributed by atoms with Crippen LogP contribution in [0.2, 0.25) is 0 Å². The Bertz CT molecular complexity index is 489. The minimum Gasteiger partial charge on any atom is -0.550 e. The molecule has 33 heavy (non-hydrogen) atoms. The van der Waals surface area contributed by atoms with Crippen LogP contribution in [0.25, 0.3) is 0 Å². The molecule has 0 heterocycles. The maximum absolute atomic E-state index is 10.1. The SMILES string of the molecule is CCC(C)(C)C(=O)[O-].CCC(C)(C)C(=O)[O-].CCC(C)(C)C(=O)[O-].CCC(C)(C)C(=O)[O-].[Ce+4]. The van der Waals surface area contributed by atoms with Gasteiger partial charge in [0.05, 0.1) is 0 Å². The predicted molar refractivity (Wildman–Crippen MR) is 116 cm³/mol. The van der Waals surface area contributed by atoms with Crippen LogP contribution < -0.4 is 20.4 Å². The second-order valence-electron chi connectivity index (χ2n) is 10.1. The van der Waals surface area contributed by atoms with E-state index in [1.165, 1.54) is 0 Å². The summed E-state index contributed by atoms with van der Waals surface area (Å²) in [4.78, 5) is 40.6. The van der Waals surface area contributed by atoms with Crippen LogP contribution in [0.5, 0.6) is 0 Å².